The summed E-state index contributed by atoms with van der Waals surface area (Å²) in [6.07, 6.45) is -4.27. The molecule has 0 radical (unpaired) electrons. The molecule has 1 aliphatic rings. The molecule has 6 N–H and O–H groups in total. The van der Waals surface area contributed by atoms with Gasteiger partial charge in [-0.3, -0.25) is 14.4 Å². The van der Waals surface area contributed by atoms with Gasteiger partial charge in [0.25, 0.3) is 0 Å². The molecule has 3 atom stereocenters. The molecule has 0 aromatic rings. The third kappa shape index (κ3) is 7.61. The lowest BCUT2D eigenvalue weighted by Crippen LogP contribution is -2.47. The Bertz CT molecular complexity index is 614. The molecule has 1 rings (SSSR count). The topological polar surface area (TPSA) is 156 Å². The van der Waals surface area contributed by atoms with E-state index >= 15 is 0 Å². The summed E-state index contributed by atoms with van der Waals surface area (Å²) in [7, 11) is 0. The second kappa shape index (κ2) is 11.1. The van der Waals surface area contributed by atoms with Crippen LogP contribution in [0.25, 0.3) is 0 Å². The summed E-state index contributed by atoms with van der Waals surface area (Å²) < 4.78 is 39.9. The van der Waals surface area contributed by atoms with E-state index in [0.29, 0.717) is 25.8 Å². The molecule has 0 spiro atoms. The molecule has 9 nitrogen and oxygen atoms in total. The van der Waals surface area contributed by atoms with Crippen molar-refractivity contribution in [3.05, 3.63) is 0 Å². The summed E-state index contributed by atoms with van der Waals surface area (Å²) >= 11 is 0. The third-order valence-corrected chi connectivity index (χ3v) is 4.76. The molecule has 0 aromatic carbocycles. The Morgan fingerprint density at radius 1 is 1.21 bits per heavy atom. The number of Topliss-reactive ketones (excluding diaryl/α,β-unsaturated/α-hetero) is 1. The quantitative estimate of drug-likeness (QED) is 0.334. The minimum absolute atomic E-state index is 0.0168. The molecule has 0 aromatic heterocycles. The Kier molecular flexibility index (Phi) is 9.50. The van der Waals surface area contributed by atoms with Gasteiger partial charge in [-0.25, -0.2) is 4.79 Å². The van der Waals surface area contributed by atoms with E-state index in [1.165, 1.54) is 0 Å². The van der Waals surface area contributed by atoms with Crippen molar-refractivity contribution in [1.29, 1.82) is 0 Å². The fraction of sp³-hybridized carbons (Fsp3) is 0.765. The number of carboxylic acid groups (broad SMARTS) is 1. The zero-order valence-electron chi connectivity index (χ0n) is 15.9. The molecule has 166 valence electrons. The SMILES string of the molecule is NCCCCC(N)C(=O)NCC(=O)C(CC(=O)N1CCC[C@H]1C(=O)O)C(F)(F)F. The highest BCUT2D eigenvalue weighted by molar-refractivity contribution is 5.93. The van der Waals surface area contributed by atoms with Gasteiger partial charge in [0.2, 0.25) is 11.8 Å². The Balaban J connectivity index is 2.68. The van der Waals surface area contributed by atoms with Crippen LogP contribution in [0.3, 0.4) is 0 Å². The van der Waals surface area contributed by atoms with Crippen molar-refractivity contribution in [1.82, 2.24) is 10.2 Å². The minimum Gasteiger partial charge on any atom is -0.480 e. The van der Waals surface area contributed by atoms with Crippen LogP contribution in [0, 0.1) is 5.92 Å². The normalized spacial score (nSPS) is 18.9. The van der Waals surface area contributed by atoms with Gasteiger partial charge in [-0.2, -0.15) is 13.2 Å². The highest BCUT2D eigenvalue weighted by atomic mass is 19.4. The van der Waals surface area contributed by atoms with Crippen molar-refractivity contribution in [2.24, 2.45) is 17.4 Å². The van der Waals surface area contributed by atoms with Crippen LogP contribution in [0.4, 0.5) is 13.2 Å². The smallest absolute Gasteiger partial charge is 0.399 e. The number of aliphatic carboxylic acids is 1. The number of ketones is 1. The fourth-order valence-electron chi connectivity index (χ4n) is 3.09. The fourth-order valence-corrected chi connectivity index (χ4v) is 3.09. The Labute approximate surface area is 165 Å². The van der Waals surface area contributed by atoms with Crippen molar-refractivity contribution < 1.29 is 37.5 Å². The highest BCUT2D eigenvalue weighted by Crippen LogP contribution is 2.31. The summed E-state index contributed by atoms with van der Waals surface area (Å²) in [5.74, 6) is -7.16. The van der Waals surface area contributed by atoms with Crippen molar-refractivity contribution in [3.8, 4) is 0 Å². The summed E-state index contributed by atoms with van der Waals surface area (Å²) in [4.78, 5) is 48.1. The van der Waals surface area contributed by atoms with Crippen LogP contribution >= 0.6 is 0 Å². The number of hydrogen-bond donors (Lipinski definition) is 4. The molecule has 2 amide bonds. The molecular formula is C17H27F3N4O5. The first-order valence-corrected chi connectivity index (χ1v) is 9.34. The number of rotatable bonds is 11. The second-order valence-corrected chi connectivity index (χ2v) is 6.96. The number of carbonyl (C=O) groups excluding carboxylic acids is 3. The number of nitrogens with one attached hydrogen (secondary N) is 1. The van der Waals surface area contributed by atoms with Gasteiger partial charge in [-0.05, 0) is 32.2 Å². The standard InChI is InChI=1S/C17H27F3N4O5/c18-17(19,20)10(8-14(26)24-7-3-5-12(24)16(28)29)13(25)9-23-15(27)11(22)4-1-2-6-21/h10-12H,1-9,21-22H2,(H,23,27)(H,28,29)/t10?,11?,12-/m0/s1. The summed E-state index contributed by atoms with van der Waals surface area (Å²) in [6.45, 7) is -0.500. The van der Waals surface area contributed by atoms with E-state index in [0.717, 1.165) is 4.90 Å². The molecule has 1 heterocycles. The second-order valence-electron chi connectivity index (χ2n) is 6.96. The average Bonchev–Trinajstić information content (AvgIpc) is 3.13. The zero-order valence-corrected chi connectivity index (χ0v) is 15.9. The maximum Gasteiger partial charge on any atom is 0.399 e. The first-order valence-electron chi connectivity index (χ1n) is 9.34. The van der Waals surface area contributed by atoms with E-state index < -0.39 is 60.7 Å². The van der Waals surface area contributed by atoms with Gasteiger partial charge < -0.3 is 26.8 Å². The van der Waals surface area contributed by atoms with E-state index in [1.807, 2.05) is 0 Å². The Morgan fingerprint density at radius 2 is 1.86 bits per heavy atom. The van der Waals surface area contributed by atoms with E-state index in [2.05, 4.69) is 5.32 Å². The summed E-state index contributed by atoms with van der Waals surface area (Å²) in [5, 5.41) is 11.1. The van der Waals surface area contributed by atoms with Gasteiger partial charge >= 0.3 is 12.1 Å². The predicted octanol–water partition coefficient (Wildman–Crippen LogP) is -0.228. The molecule has 0 bridgehead atoms. The Morgan fingerprint density at radius 3 is 2.41 bits per heavy atom. The molecule has 0 aliphatic carbocycles. The monoisotopic (exact) mass is 424 g/mol. The lowest BCUT2D eigenvalue weighted by atomic mass is 9.98. The number of amides is 2. The first kappa shape index (κ1) is 24.8. The van der Waals surface area contributed by atoms with Gasteiger partial charge in [0.15, 0.2) is 5.78 Å². The summed E-state index contributed by atoms with van der Waals surface area (Å²) in [6, 6.07) is -2.18. The van der Waals surface area contributed by atoms with Crippen LogP contribution in [0.2, 0.25) is 0 Å². The molecule has 2 unspecified atom stereocenters. The van der Waals surface area contributed by atoms with Crippen molar-refractivity contribution in [2.45, 2.75) is 56.8 Å². The van der Waals surface area contributed by atoms with E-state index in [-0.39, 0.29) is 19.4 Å². The van der Waals surface area contributed by atoms with E-state index in [9.17, 15) is 32.3 Å². The molecular weight excluding hydrogens is 397 g/mol. The van der Waals surface area contributed by atoms with E-state index in [4.69, 9.17) is 16.6 Å². The van der Waals surface area contributed by atoms with Crippen LogP contribution in [0.5, 0.6) is 0 Å². The van der Waals surface area contributed by atoms with Crippen LogP contribution in [0.1, 0.15) is 38.5 Å². The van der Waals surface area contributed by atoms with Gasteiger partial charge in [-0.1, -0.05) is 6.42 Å². The van der Waals surface area contributed by atoms with Crippen LogP contribution in [-0.4, -0.2) is 71.5 Å². The largest absolute Gasteiger partial charge is 0.480 e. The van der Waals surface area contributed by atoms with Crippen molar-refractivity contribution in [3.63, 3.8) is 0 Å². The number of halogens is 3. The number of carboxylic acids is 1. The van der Waals surface area contributed by atoms with Gasteiger partial charge in [0, 0.05) is 13.0 Å². The maximum atomic E-state index is 13.3. The number of alkyl halides is 3. The number of likely N-dealkylation sites (tertiary alicyclic amines) is 1. The summed E-state index contributed by atoms with van der Waals surface area (Å²) in [5.41, 5.74) is 10.9. The zero-order chi connectivity index (χ0) is 22.2. The van der Waals surface area contributed by atoms with Crippen molar-refractivity contribution in [2.75, 3.05) is 19.6 Å². The molecule has 0 saturated carbocycles. The number of carbonyl (C=O) groups is 4. The first-order chi connectivity index (χ1) is 13.5. The predicted molar refractivity (Wildman–Crippen MR) is 95.4 cm³/mol. The molecule has 12 heteroatoms. The van der Waals surface area contributed by atoms with Gasteiger partial charge in [0.05, 0.1) is 12.6 Å². The lowest BCUT2D eigenvalue weighted by molar-refractivity contribution is -0.186. The number of hydrogen-bond acceptors (Lipinski definition) is 6. The minimum atomic E-state index is -5.01. The highest BCUT2D eigenvalue weighted by Gasteiger charge is 2.47. The maximum absolute atomic E-state index is 13.3. The number of nitrogens with two attached hydrogens (primary N) is 2. The third-order valence-electron chi connectivity index (χ3n) is 4.76. The molecule has 1 aliphatic heterocycles. The lowest BCUT2D eigenvalue weighted by Gasteiger charge is -2.25. The van der Waals surface area contributed by atoms with Crippen LogP contribution in [-0.2, 0) is 19.2 Å². The van der Waals surface area contributed by atoms with E-state index in [1.54, 1.807) is 0 Å². The average molecular weight is 424 g/mol. The van der Waals surface area contributed by atoms with Gasteiger partial charge in [0.1, 0.15) is 12.0 Å². The molecule has 1 fully saturated rings. The Hall–Kier alpha value is -2.21. The van der Waals surface area contributed by atoms with Crippen molar-refractivity contribution >= 4 is 23.6 Å². The molecule has 1 saturated heterocycles. The number of nitrogens with zero attached hydrogens (tertiary/aromatic N) is 1. The number of unbranched alkanes of at least 4 members (excludes halogenated alkanes) is 1. The molecule has 29 heavy (non-hydrogen) atoms. The van der Waals surface area contributed by atoms with Gasteiger partial charge in [-0.15, -0.1) is 0 Å². The van der Waals surface area contributed by atoms with Crippen LogP contribution in [0.15, 0.2) is 0 Å². The van der Waals surface area contributed by atoms with Crippen LogP contribution < -0.4 is 16.8 Å².